The van der Waals surface area contributed by atoms with E-state index in [-0.39, 0.29) is 0 Å². The van der Waals surface area contributed by atoms with Gasteiger partial charge in [0.25, 0.3) is 0 Å². The van der Waals surface area contributed by atoms with E-state index in [0.717, 1.165) is 23.0 Å². The molecule has 0 fully saturated rings. The van der Waals surface area contributed by atoms with Crippen molar-refractivity contribution in [1.29, 1.82) is 0 Å². The van der Waals surface area contributed by atoms with Gasteiger partial charge in [-0.1, -0.05) is 25.1 Å². The van der Waals surface area contributed by atoms with Gasteiger partial charge in [0.2, 0.25) is 0 Å². The predicted octanol–water partition coefficient (Wildman–Crippen LogP) is 2.92. The van der Waals surface area contributed by atoms with Crippen LogP contribution in [0.5, 0.6) is 0 Å². The molecule has 0 bridgehead atoms. The third-order valence-corrected chi connectivity index (χ3v) is 2.98. The van der Waals surface area contributed by atoms with E-state index in [1.165, 1.54) is 5.56 Å². The van der Waals surface area contributed by atoms with E-state index in [1.807, 2.05) is 18.2 Å². The third kappa shape index (κ3) is 1.69. The van der Waals surface area contributed by atoms with Crippen LogP contribution in [0.25, 0.3) is 10.9 Å². The Morgan fingerprint density at radius 3 is 2.88 bits per heavy atom. The lowest BCUT2D eigenvalue weighted by Gasteiger charge is -2.02. The molecule has 0 spiro atoms. The van der Waals surface area contributed by atoms with Gasteiger partial charge < -0.3 is 10.1 Å². The van der Waals surface area contributed by atoms with Gasteiger partial charge in [-0.3, -0.25) is 4.79 Å². The van der Waals surface area contributed by atoms with Gasteiger partial charge in [-0.2, -0.15) is 0 Å². The molecule has 0 aliphatic rings. The summed E-state index contributed by atoms with van der Waals surface area (Å²) in [6, 6.07) is 7.99. The first-order valence-corrected chi connectivity index (χ1v) is 5.46. The number of aromatic nitrogens is 1. The van der Waals surface area contributed by atoms with Crippen molar-refractivity contribution >= 4 is 16.9 Å². The molecular formula is C13H15NO2. The number of H-pyrrole nitrogens is 1. The molecule has 2 aromatic rings. The Bertz CT molecular complexity index is 528. The summed E-state index contributed by atoms with van der Waals surface area (Å²) in [7, 11) is 0. The highest BCUT2D eigenvalue weighted by Crippen LogP contribution is 2.24. The van der Waals surface area contributed by atoms with Crippen LogP contribution >= 0.6 is 0 Å². The molecule has 1 atom stereocenters. The van der Waals surface area contributed by atoms with Crippen molar-refractivity contribution in [1.82, 2.24) is 4.98 Å². The number of carboxylic acids is 1. The number of aryl methyl sites for hydroxylation is 1. The minimum Gasteiger partial charge on any atom is -0.481 e. The third-order valence-electron chi connectivity index (χ3n) is 2.98. The number of para-hydroxylation sites is 1. The Morgan fingerprint density at radius 1 is 1.50 bits per heavy atom. The van der Waals surface area contributed by atoms with Crippen LogP contribution in [0.15, 0.2) is 24.3 Å². The molecule has 2 N–H and O–H groups in total. The quantitative estimate of drug-likeness (QED) is 0.830. The number of rotatable bonds is 3. The average molecular weight is 217 g/mol. The second-order valence-electron chi connectivity index (χ2n) is 4.02. The van der Waals surface area contributed by atoms with Crippen molar-refractivity contribution in [3.63, 3.8) is 0 Å². The molecule has 0 amide bonds. The zero-order valence-electron chi connectivity index (χ0n) is 9.45. The number of hydrogen-bond donors (Lipinski definition) is 2. The topological polar surface area (TPSA) is 53.1 Å². The first-order valence-electron chi connectivity index (χ1n) is 5.46. The molecule has 1 aromatic heterocycles. The summed E-state index contributed by atoms with van der Waals surface area (Å²) in [5.41, 5.74) is 3.05. The van der Waals surface area contributed by atoms with Crippen LogP contribution in [0.2, 0.25) is 0 Å². The number of aliphatic carboxylic acids is 1. The first-order chi connectivity index (χ1) is 7.63. The number of benzene rings is 1. The molecule has 1 aromatic carbocycles. The monoisotopic (exact) mass is 217 g/mol. The van der Waals surface area contributed by atoms with Gasteiger partial charge in [-0.05, 0) is 30.4 Å². The summed E-state index contributed by atoms with van der Waals surface area (Å²) in [6.07, 6.45) is 0.943. The second kappa shape index (κ2) is 4.00. The lowest BCUT2D eigenvalue weighted by molar-refractivity contribution is -0.138. The molecule has 3 heteroatoms. The van der Waals surface area contributed by atoms with E-state index in [1.54, 1.807) is 6.92 Å². The maximum absolute atomic E-state index is 10.9. The van der Waals surface area contributed by atoms with Gasteiger partial charge in [0.1, 0.15) is 0 Å². The Balaban J connectivity index is 2.55. The minimum absolute atomic E-state index is 0.489. The Kier molecular flexibility index (Phi) is 2.69. The summed E-state index contributed by atoms with van der Waals surface area (Å²) in [6.45, 7) is 3.79. The molecule has 0 aliphatic carbocycles. The molecule has 2 rings (SSSR count). The Morgan fingerprint density at radius 2 is 2.25 bits per heavy atom. The molecule has 3 nitrogen and oxygen atoms in total. The fourth-order valence-electron chi connectivity index (χ4n) is 1.90. The zero-order valence-corrected chi connectivity index (χ0v) is 9.45. The van der Waals surface area contributed by atoms with E-state index in [2.05, 4.69) is 18.0 Å². The number of fused-ring (bicyclic) bond motifs is 1. The van der Waals surface area contributed by atoms with Crippen molar-refractivity contribution < 1.29 is 9.90 Å². The van der Waals surface area contributed by atoms with Crippen LogP contribution in [0.1, 0.15) is 31.0 Å². The Labute approximate surface area is 94.1 Å². The maximum atomic E-state index is 10.9. The zero-order chi connectivity index (χ0) is 11.7. The highest BCUT2D eigenvalue weighted by atomic mass is 16.4. The van der Waals surface area contributed by atoms with Gasteiger partial charge in [0, 0.05) is 11.2 Å². The smallest absolute Gasteiger partial charge is 0.312 e. The summed E-state index contributed by atoms with van der Waals surface area (Å²) >= 11 is 0. The molecule has 0 saturated carbocycles. The maximum Gasteiger partial charge on any atom is 0.312 e. The molecule has 16 heavy (non-hydrogen) atoms. The standard InChI is InChI=1S/C13H15NO2/c1-3-9-5-4-6-10-7-11(14-12(9)10)8(2)13(15)16/h4-8,14H,3H2,1-2H3,(H,15,16). The molecule has 84 valence electrons. The lowest BCUT2D eigenvalue weighted by Crippen LogP contribution is -2.07. The largest absolute Gasteiger partial charge is 0.481 e. The SMILES string of the molecule is CCc1cccc2cc(C(C)C(=O)O)[nH]c12. The fraction of sp³-hybridized carbons (Fsp3) is 0.308. The van der Waals surface area contributed by atoms with E-state index < -0.39 is 11.9 Å². The molecular weight excluding hydrogens is 202 g/mol. The van der Waals surface area contributed by atoms with Crippen molar-refractivity contribution in [2.45, 2.75) is 26.2 Å². The molecule has 0 saturated heterocycles. The fourth-order valence-corrected chi connectivity index (χ4v) is 1.90. The van der Waals surface area contributed by atoms with Crippen LogP contribution < -0.4 is 0 Å². The Hall–Kier alpha value is -1.77. The number of carboxylic acid groups (broad SMARTS) is 1. The normalized spacial score (nSPS) is 12.9. The van der Waals surface area contributed by atoms with Crippen molar-refractivity contribution in [2.24, 2.45) is 0 Å². The van der Waals surface area contributed by atoms with Crippen molar-refractivity contribution in [3.05, 3.63) is 35.5 Å². The highest BCUT2D eigenvalue weighted by Gasteiger charge is 2.16. The summed E-state index contributed by atoms with van der Waals surface area (Å²) in [5.74, 6) is -1.29. The van der Waals surface area contributed by atoms with Gasteiger partial charge in [0.05, 0.1) is 5.92 Å². The van der Waals surface area contributed by atoms with Gasteiger partial charge in [-0.25, -0.2) is 0 Å². The summed E-state index contributed by atoms with van der Waals surface area (Å²) < 4.78 is 0. The van der Waals surface area contributed by atoms with Gasteiger partial charge >= 0.3 is 5.97 Å². The number of nitrogens with one attached hydrogen (secondary N) is 1. The van der Waals surface area contributed by atoms with Crippen LogP contribution in [-0.2, 0) is 11.2 Å². The molecule has 0 aliphatic heterocycles. The second-order valence-corrected chi connectivity index (χ2v) is 4.02. The van der Waals surface area contributed by atoms with Crippen LogP contribution in [0.3, 0.4) is 0 Å². The summed E-state index contributed by atoms with van der Waals surface area (Å²) in [4.78, 5) is 14.1. The molecule has 0 radical (unpaired) electrons. The average Bonchev–Trinajstić information content (AvgIpc) is 2.70. The number of hydrogen-bond acceptors (Lipinski definition) is 1. The van der Waals surface area contributed by atoms with Crippen LogP contribution in [0.4, 0.5) is 0 Å². The number of carbonyl (C=O) groups is 1. The molecule has 1 unspecified atom stereocenters. The van der Waals surface area contributed by atoms with E-state index in [4.69, 9.17) is 5.11 Å². The minimum atomic E-state index is -0.801. The first kappa shape index (κ1) is 10.7. The van der Waals surface area contributed by atoms with Crippen molar-refractivity contribution in [3.8, 4) is 0 Å². The lowest BCUT2D eigenvalue weighted by atomic mass is 10.1. The van der Waals surface area contributed by atoms with Gasteiger partial charge in [-0.15, -0.1) is 0 Å². The van der Waals surface area contributed by atoms with Crippen LogP contribution in [0, 0.1) is 0 Å². The van der Waals surface area contributed by atoms with Crippen LogP contribution in [-0.4, -0.2) is 16.1 Å². The van der Waals surface area contributed by atoms with E-state index in [0.29, 0.717) is 0 Å². The molecule has 1 heterocycles. The highest BCUT2D eigenvalue weighted by molar-refractivity contribution is 5.86. The van der Waals surface area contributed by atoms with E-state index >= 15 is 0 Å². The predicted molar refractivity (Wildman–Crippen MR) is 63.7 cm³/mol. The van der Waals surface area contributed by atoms with Crippen molar-refractivity contribution in [2.75, 3.05) is 0 Å². The number of aromatic amines is 1. The summed E-state index contributed by atoms with van der Waals surface area (Å²) in [5, 5.41) is 10.1. The van der Waals surface area contributed by atoms with E-state index in [9.17, 15) is 4.79 Å². The van der Waals surface area contributed by atoms with Gasteiger partial charge in [0.15, 0.2) is 0 Å².